The number of Topliss-reactive ketones (excluding diaryl/α,β-unsaturated/α-hetero) is 1. The van der Waals surface area contributed by atoms with Crippen molar-refractivity contribution in [3.8, 4) is 0 Å². The number of ketones is 1. The van der Waals surface area contributed by atoms with Gasteiger partial charge in [-0.2, -0.15) is 5.10 Å². The second-order valence-corrected chi connectivity index (χ2v) is 4.00. The van der Waals surface area contributed by atoms with Gasteiger partial charge in [0.1, 0.15) is 5.60 Å². The fraction of sp³-hybridized carbons (Fsp3) is 0.600. The molecule has 4 nitrogen and oxygen atoms in total. The largest absolute Gasteiger partial charge is 0.383 e. The first-order chi connectivity index (χ1) is 6.39. The molecule has 1 rings (SSSR count). The zero-order chi connectivity index (χ0) is 10.8. The van der Waals surface area contributed by atoms with E-state index in [9.17, 15) is 9.90 Å². The van der Waals surface area contributed by atoms with Crippen LogP contribution in [0.3, 0.4) is 0 Å². The van der Waals surface area contributed by atoms with Gasteiger partial charge in [0.2, 0.25) is 0 Å². The van der Waals surface area contributed by atoms with Crippen molar-refractivity contribution in [3.63, 3.8) is 0 Å². The SMILES string of the molecule is Cn1cc(CCC(=O)C(C)(C)O)cn1. The van der Waals surface area contributed by atoms with Crippen LogP contribution in [0.25, 0.3) is 0 Å². The summed E-state index contributed by atoms with van der Waals surface area (Å²) in [5, 5.41) is 13.4. The van der Waals surface area contributed by atoms with E-state index in [1.807, 2.05) is 13.2 Å². The van der Waals surface area contributed by atoms with Gasteiger partial charge in [-0.05, 0) is 25.8 Å². The zero-order valence-corrected chi connectivity index (χ0v) is 8.82. The molecule has 0 spiro atoms. The van der Waals surface area contributed by atoms with Crippen LogP contribution in [0.4, 0.5) is 0 Å². The predicted octanol–water partition coefficient (Wildman–Crippen LogP) is 0.693. The Morgan fingerprint density at radius 3 is 2.71 bits per heavy atom. The first-order valence-corrected chi connectivity index (χ1v) is 4.63. The number of aliphatic hydroxyl groups is 1. The van der Waals surface area contributed by atoms with Crippen molar-refractivity contribution in [3.05, 3.63) is 18.0 Å². The molecular formula is C10H16N2O2. The summed E-state index contributed by atoms with van der Waals surface area (Å²) in [7, 11) is 1.83. The van der Waals surface area contributed by atoms with Gasteiger partial charge in [0.25, 0.3) is 0 Å². The number of nitrogens with zero attached hydrogens (tertiary/aromatic N) is 2. The van der Waals surface area contributed by atoms with E-state index in [-0.39, 0.29) is 5.78 Å². The molecule has 1 heterocycles. The highest BCUT2D eigenvalue weighted by atomic mass is 16.3. The quantitative estimate of drug-likeness (QED) is 0.771. The molecule has 0 amide bonds. The maximum Gasteiger partial charge on any atom is 0.164 e. The molecule has 4 heteroatoms. The molecule has 14 heavy (non-hydrogen) atoms. The van der Waals surface area contributed by atoms with Crippen LogP contribution in [0.15, 0.2) is 12.4 Å². The molecule has 0 bridgehead atoms. The molecule has 0 unspecified atom stereocenters. The highest BCUT2D eigenvalue weighted by molar-refractivity contribution is 5.86. The zero-order valence-electron chi connectivity index (χ0n) is 8.82. The molecule has 0 aliphatic rings. The normalized spacial score (nSPS) is 11.7. The predicted molar refractivity (Wildman–Crippen MR) is 52.8 cm³/mol. The molecule has 0 radical (unpaired) electrons. The lowest BCUT2D eigenvalue weighted by molar-refractivity contribution is -0.134. The van der Waals surface area contributed by atoms with Gasteiger partial charge in [-0.1, -0.05) is 0 Å². The van der Waals surface area contributed by atoms with Crippen LogP contribution in [0, 0.1) is 0 Å². The van der Waals surface area contributed by atoms with Gasteiger partial charge in [0.15, 0.2) is 5.78 Å². The van der Waals surface area contributed by atoms with E-state index in [2.05, 4.69) is 5.10 Å². The summed E-state index contributed by atoms with van der Waals surface area (Å²) in [6.07, 6.45) is 4.60. The Kier molecular flexibility index (Phi) is 3.06. The van der Waals surface area contributed by atoms with E-state index in [0.29, 0.717) is 12.8 Å². The third kappa shape index (κ3) is 2.96. The van der Waals surface area contributed by atoms with E-state index in [1.165, 1.54) is 13.8 Å². The van der Waals surface area contributed by atoms with E-state index in [0.717, 1.165) is 5.56 Å². The van der Waals surface area contributed by atoms with Gasteiger partial charge in [0.05, 0.1) is 6.20 Å². The highest BCUT2D eigenvalue weighted by Crippen LogP contribution is 2.09. The lowest BCUT2D eigenvalue weighted by atomic mass is 9.98. The van der Waals surface area contributed by atoms with Crippen molar-refractivity contribution >= 4 is 5.78 Å². The Labute approximate surface area is 83.5 Å². The van der Waals surface area contributed by atoms with Crippen molar-refractivity contribution < 1.29 is 9.90 Å². The van der Waals surface area contributed by atoms with Gasteiger partial charge in [0, 0.05) is 19.7 Å². The van der Waals surface area contributed by atoms with Gasteiger partial charge < -0.3 is 5.11 Å². The van der Waals surface area contributed by atoms with Crippen molar-refractivity contribution in [2.45, 2.75) is 32.3 Å². The summed E-state index contributed by atoms with van der Waals surface area (Å²) in [6, 6.07) is 0. The Bertz CT molecular complexity index is 323. The fourth-order valence-corrected chi connectivity index (χ4v) is 1.16. The number of hydrogen-bond donors (Lipinski definition) is 1. The molecule has 0 saturated carbocycles. The van der Waals surface area contributed by atoms with E-state index in [4.69, 9.17) is 0 Å². The van der Waals surface area contributed by atoms with Gasteiger partial charge in [-0.15, -0.1) is 0 Å². The Hall–Kier alpha value is -1.16. The van der Waals surface area contributed by atoms with Crippen molar-refractivity contribution in [1.29, 1.82) is 0 Å². The van der Waals surface area contributed by atoms with Crippen LogP contribution < -0.4 is 0 Å². The first kappa shape index (κ1) is 10.9. The van der Waals surface area contributed by atoms with Crippen LogP contribution in [0.2, 0.25) is 0 Å². The molecule has 1 N–H and O–H groups in total. The van der Waals surface area contributed by atoms with Crippen LogP contribution in [0.1, 0.15) is 25.8 Å². The number of carbonyl (C=O) groups excluding carboxylic acids is 1. The standard InChI is InChI=1S/C10H16N2O2/c1-10(2,14)9(13)5-4-8-6-11-12(3)7-8/h6-7,14H,4-5H2,1-3H3. The van der Waals surface area contributed by atoms with Crippen molar-refractivity contribution in [1.82, 2.24) is 9.78 Å². The summed E-state index contributed by atoms with van der Waals surface area (Å²) in [5.41, 5.74) is -0.201. The number of hydrogen-bond acceptors (Lipinski definition) is 3. The molecule has 0 aliphatic carbocycles. The molecule has 78 valence electrons. The third-order valence-corrected chi connectivity index (χ3v) is 2.08. The number of aryl methyl sites for hydroxylation is 2. The maximum atomic E-state index is 11.4. The van der Waals surface area contributed by atoms with Gasteiger partial charge in [-0.25, -0.2) is 0 Å². The van der Waals surface area contributed by atoms with Gasteiger partial charge in [-0.3, -0.25) is 9.48 Å². The van der Waals surface area contributed by atoms with E-state index in [1.54, 1.807) is 10.9 Å². The summed E-state index contributed by atoms with van der Waals surface area (Å²) in [5.74, 6) is -0.138. The monoisotopic (exact) mass is 196 g/mol. The maximum absolute atomic E-state index is 11.4. The Morgan fingerprint density at radius 2 is 2.29 bits per heavy atom. The van der Waals surface area contributed by atoms with E-state index >= 15 is 0 Å². The van der Waals surface area contributed by atoms with Crippen LogP contribution in [0.5, 0.6) is 0 Å². The summed E-state index contributed by atoms with van der Waals surface area (Å²) in [6.45, 7) is 3.02. The third-order valence-electron chi connectivity index (χ3n) is 2.08. The molecule has 0 aromatic carbocycles. The smallest absolute Gasteiger partial charge is 0.164 e. The topological polar surface area (TPSA) is 55.1 Å². The van der Waals surface area contributed by atoms with Crippen molar-refractivity contribution in [2.75, 3.05) is 0 Å². The summed E-state index contributed by atoms with van der Waals surface area (Å²) < 4.78 is 1.70. The van der Waals surface area contributed by atoms with Crippen molar-refractivity contribution in [2.24, 2.45) is 7.05 Å². The average Bonchev–Trinajstić information content (AvgIpc) is 2.45. The minimum atomic E-state index is -1.22. The molecular weight excluding hydrogens is 180 g/mol. The lowest BCUT2D eigenvalue weighted by Gasteiger charge is -2.14. The molecule has 1 aromatic rings. The minimum absolute atomic E-state index is 0.138. The van der Waals surface area contributed by atoms with Gasteiger partial charge >= 0.3 is 0 Å². The van der Waals surface area contributed by atoms with E-state index < -0.39 is 5.60 Å². The van der Waals surface area contributed by atoms with Crippen LogP contribution in [-0.2, 0) is 18.3 Å². The Balaban J connectivity index is 2.46. The molecule has 0 saturated heterocycles. The fourth-order valence-electron chi connectivity index (χ4n) is 1.16. The summed E-state index contributed by atoms with van der Waals surface area (Å²) >= 11 is 0. The molecule has 0 aliphatic heterocycles. The number of carbonyl (C=O) groups is 1. The Morgan fingerprint density at radius 1 is 1.64 bits per heavy atom. The number of aromatic nitrogens is 2. The molecule has 1 aromatic heterocycles. The minimum Gasteiger partial charge on any atom is -0.383 e. The number of rotatable bonds is 4. The first-order valence-electron chi connectivity index (χ1n) is 4.63. The second kappa shape index (κ2) is 3.92. The molecule has 0 fully saturated rings. The van der Waals surface area contributed by atoms with Crippen LogP contribution >= 0.6 is 0 Å². The summed E-state index contributed by atoms with van der Waals surface area (Å²) in [4.78, 5) is 11.4. The lowest BCUT2D eigenvalue weighted by Crippen LogP contribution is -2.31. The molecule has 0 atom stereocenters. The average molecular weight is 196 g/mol. The second-order valence-electron chi connectivity index (χ2n) is 4.00. The van der Waals surface area contributed by atoms with Crippen LogP contribution in [-0.4, -0.2) is 26.3 Å². The highest BCUT2D eigenvalue weighted by Gasteiger charge is 2.22.